The van der Waals surface area contributed by atoms with E-state index >= 15 is 0 Å². The first-order valence-corrected chi connectivity index (χ1v) is 11.3. The average Bonchev–Trinajstić information content (AvgIpc) is 2.90. The predicted molar refractivity (Wildman–Crippen MR) is 140 cm³/mol. The van der Waals surface area contributed by atoms with E-state index in [-0.39, 0.29) is 12.5 Å². The van der Waals surface area contributed by atoms with Crippen molar-refractivity contribution in [2.24, 2.45) is 5.10 Å². The van der Waals surface area contributed by atoms with E-state index < -0.39 is 11.8 Å². The summed E-state index contributed by atoms with van der Waals surface area (Å²) < 4.78 is 16.0. The second kappa shape index (κ2) is 12.7. The molecule has 3 aromatic rings. The molecule has 0 radical (unpaired) electrons. The quantitative estimate of drug-likeness (QED) is 0.233. The Hall–Kier alpha value is -4.86. The van der Waals surface area contributed by atoms with Crippen molar-refractivity contribution >= 4 is 35.3 Å². The highest BCUT2D eigenvalue weighted by Crippen LogP contribution is 2.27. The molecule has 192 valence electrons. The lowest BCUT2D eigenvalue weighted by molar-refractivity contribution is -0.136. The third kappa shape index (κ3) is 7.56. The molecule has 0 atom stereocenters. The molecule has 0 bridgehead atoms. The zero-order valence-corrected chi connectivity index (χ0v) is 21.0. The fourth-order valence-corrected chi connectivity index (χ4v) is 3.18. The largest absolute Gasteiger partial charge is 0.497 e. The van der Waals surface area contributed by atoms with Gasteiger partial charge in [-0.25, -0.2) is 5.43 Å². The summed E-state index contributed by atoms with van der Waals surface area (Å²) in [5.74, 6) is -0.698. The maximum Gasteiger partial charge on any atom is 0.329 e. The van der Waals surface area contributed by atoms with Crippen molar-refractivity contribution in [3.8, 4) is 17.2 Å². The van der Waals surface area contributed by atoms with E-state index in [0.29, 0.717) is 34.2 Å². The summed E-state index contributed by atoms with van der Waals surface area (Å²) in [6.45, 7) is 3.54. The van der Waals surface area contributed by atoms with Gasteiger partial charge in [0.05, 0.1) is 20.4 Å². The maximum atomic E-state index is 12.2. The van der Waals surface area contributed by atoms with Gasteiger partial charge in [-0.15, -0.1) is 0 Å². The molecule has 0 heterocycles. The Balaban J connectivity index is 1.53. The molecular formula is C27H28N4O6. The molecule has 0 unspecified atom stereocenters. The topological polar surface area (TPSA) is 127 Å². The molecule has 0 spiro atoms. The second-order valence-corrected chi connectivity index (χ2v) is 7.88. The van der Waals surface area contributed by atoms with Gasteiger partial charge in [-0.1, -0.05) is 12.1 Å². The van der Waals surface area contributed by atoms with E-state index in [0.717, 1.165) is 11.1 Å². The number of carbonyl (C=O) groups is 3. The second-order valence-electron chi connectivity index (χ2n) is 7.88. The van der Waals surface area contributed by atoms with Crippen LogP contribution in [0.1, 0.15) is 16.7 Å². The Morgan fingerprint density at radius 1 is 0.865 bits per heavy atom. The van der Waals surface area contributed by atoms with E-state index in [4.69, 9.17) is 14.2 Å². The van der Waals surface area contributed by atoms with Gasteiger partial charge in [0, 0.05) is 11.4 Å². The highest BCUT2D eigenvalue weighted by atomic mass is 16.5. The van der Waals surface area contributed by atoms with E-state index in [1.807, 2.05) is 19.9 Å². The maximum absolute atomic E-state index is 12.2. The van der Waals surface area contributed by atoms with Crippen molar-refractivity contribution in [2.45, 2.75) is 13.8 Å². The van der Waals surface area contributed by atoms with E-state index in [9.17, 15) is 14.4 Å². The van der Waals surface area contributed by atoms with Crippen molar-refractivity contribution < 1.29 is 28.6 Å². The van der Waals surface area contributed by atoms with Crippen LogP contribution in [0, 0.1) is 13.8 Å². The number of rotatable bonds is 9. The Morgan fingerprint density at radius 3 is 2.32 bits per heavy atom. The highest BCUT2D eigenvalue weighted by Gasteiger charge is 2.14. The van der Waals surface area contributed by atoms with Crippen LogP contribution in [0.3, 0.4) is 0 Å². The Bertz CT molecular complexity index is 1300. The van der Waals surface area contributed by atoms with Crippen LogP contribution < -0.4 is 30.3 Å². The Morgan fingerprint density at radius 2 is 1.62 bits per heavy atom. The van der Waals surface area contributed by atoms with Gasteiger partial charge in [0.2, 0.25) is 0 Å². The van der Waals surface area contributed by atoms with Crippen molar-refractivity contribution in [1.29, 1.82) is 0 Å². The third-order valence-electron chi connectivity index (χ3n) is 5.36. The first-order valence-electron chi connectivity index (χ1n) is 11.3. The fraction of sp³-hybridized carbons (Fsp3) is 0.185. The van der Waals surface area contributed by atoms with Crippen molar-refractivity contribution in [3.63, 3.8) is 0 Å². The summed E-state index contributed by atoms with van der Waals surface area (Å²) in [4.78, 5) is 36.5. The number of ether oxygens (including phenoxy) is 3. The normalized spacial score (nSPS) is 10.5. The van der Waals surface area contributed by atoms with E-state index in [2.05, 4.69) is 21.2 Å². The van der Waals surface area contributed by atoms with Crippen LogP contribution in [-0.4, -0.2) is 44.8 Å². The van der Waals surface area contributed by atoms with Crippen molar-refractivity contribution in [3.05, 3.63) is 77.4 Å². The lowest BCUT2D eigenvalue weighted by atomic mass is 10.1. The molecule has 0 aromatic heterocycles. The molecule has 3 rings (SSSR count). The molecule has 3 amide bonds. The van der Waals surface area contributed by atoms with Crippen molar-refractivity contribution in [1.82, 2.24) is 5.43 Å². The number of nitrogens with zero attached hydrogens (tertiary/aromatic N) is 1. The van der Waals surface area contributed by atoms with Crippen LogP contribution in [0.25, 0.3) is 0 Å². The molecular weight excluding hydrogens is 476 g/mol. The molecule has 3 aromatic carbocycles. The molecule has 10 nitrogen and oxygen atoms in total. The van der Waals surface area contributed by atoms with Crippen LogP contribution in [0.5, 0.6) is 17.2 Å². The summed E-state index contributed by atoms with van der Waals surface area (Å²) in [6.07, 6.45) is 1.35. The summed E-state index contributed by atoms with van der Waals surface area (Å²) in [5, 5.41) is 9.12. The van der Waals surface area contributed by atoms with Crippen LogP contribution in [0.15, 0.2) is 65.8 Å². The lowest BCUT2D eigenvalue weighted by Crippen LogP contribution is -2.32. The van der Waals surface area contributed by atoms with Gasteiger partial charge in [-0.05, 0) is 79.1 Å². The number of hydrogen-bond acceptors (Lipinski definition) is 7. The number of methoxy groups -OCH3 is 2. The summed E-state index contributed by atoms with van der Waals surface area (Å²) >= 11 is 0. The monoisotopic (exact) mass is 504 g/mol. The third-order valence-corrected chi connectivity index (χ3v) is 5.36. The van der Waals surface area contributed by atoms with Gasteiger partial charge in [-0.2, -0.15) is 5.10 Å². The van der Waals surface area contributed by atoms with Gasteiger partial charge >= 0.3 is 11.8 Å². The Kier molecular flexibility index (Phi) is 9.20. The molecule has 10 heteroatoms. The highest BCUT2D eigenvalue weighted by molar-refractivity contribution is 6.39. The number of carbonyl (C=O) groups excluding carboxylic acids is 3. The number of nitrogens with one attached hydrogen (secondary N) is 3. The molecule has 3 N–H and O–H groups in total. The van der Waals surface area contributed by atoms with Gasteiger partial charge in [0.1, 0.15) is 5.75 Å². The number of benzene rings is 3. The van der Waals surface area contributed by atoms with Crippen LogP contribution in [-0.2, 0) is 14.4 Å². The molecule has 0 aliphatic heterocycles. The van der Waals surface area contributed by atoms with Gasteiger partial charge in [-0.3, -0.25) is 14.4 Å². The fourth-order valence-electron chi connectivity index (χ4n) is 3.18. The van der Waals surface area contributed by atoms with Crippen LogP contribution >= 0.6 is 0 Å². The zero-order chi connectivity index (χ0) is 26.8. The molecule has 37 heavy (non-hydrogen) atoms. The first kappa shape index (κ1) is 26.7. The molecule has 0 fully saturated rings. The number of anilines is 2. The minimum atomic E-state index is -0.910. The number of hydrazone groups is 1. The number of hydrogen-bond donors (Lipinski definition) is 3. The van der Waals surface area contributed by atoms with Gasteiger partial charge < -0.3 is 24.8 Å². The Labute approximate surface area is 214 Å². The van der Waals surface area contributed by atoms with Crippen LogP contribution in [0.4, 0.5) is 11.4 Å². The van der Waals surface area contributed by atoms with Crippen LogP contribution in [0.2, 0.25) is 0 Å². The minimum Gasteiger partial charge on any atom is -0.497 e. The summed E-state index contributed by atoms with van der Waals surface area (Å²) in [6, 6.07) is 17.2. The minimum absolute atomic E-state index is 0.235. The standard InChI is InChI=1S/C27H28N4O6/c1-17-6-5-7-22(18(17)2)30-26(33)27(34)31-28-15-19-8-13-23(24(14-19)36-4)37-16-25(32)29-20-9-11-21(35-3)12-10-20/h5-15H,16H2,1-4H3,(H,29,32)(H,30,33)(H,31,34)/b28-15-. The number of amides is 3. The molecule has 0 aliphatic carbocycles. The smallest absolute Gasteiger partial charge is 0.329 e. The number of aryl methyl sites for hydroxylation is 1. The van der Waals surface area contributed by atoms with E-state index in [1.54, 1.807) is 61.7 Å². The summed E-state index contributed by atoms with van der Waals surface area (Å²) in [5.41, 5.74) is 5.80. The summed E-state index contributed by atoms with van der Waals surface area (Å²) in [7, 11) is 3.02. The van der Waals surface area contributed by atoms with Gasteiger partial charge in [0.15, 0.2) is 18.1 Å². The molecule has 0 aliphatic rings. The van der Waals surface area contributed by atoms with E-state index in [1.165, 1.54) is 13.3 Å². The molecule has 0 saturated carbocycles. The van der Waals surface area contributed by atoms with Gasteiger partial charge in [0.25, 0.3) is 5.91 Å². The molecule has 0 saturated heterocycles. The lowest BCUT2D eigenvalue weighted by Gasteiger charge is -2.11. The zero-order valence-electron chi connectivity index (χ0n) is 21.0. The first-order chi connectivity index (χ1) is 17.8. The SMILES string of the molecule is COc1ccc(NC(=O)COc2ccc(/C=N\NC(=O)C(=O)Nc3cccc(C)c3C)cc2OC)cc1. The van der Waals surface area contributed by atoms with Crippen molar-refractivity contribution in [2.75, 3.05) is 31.5 Å². The average molecular weight is 505 g/mol. The predicted octanol–water partition coefficient (Wildman–Crippen LogP) is 3.43.